The van der Waals surface area contributed by atoms with Crippen LogP contribution < -0.4 is 0 Å². The van der Waals surface area contributed by atoms with E-state index in [1.807, 2.05) is 0 Å². The molecule has 5 nitrogen and oxygen atoms in total. The van der Waals surface area contributed by atoms with Gasteiger partial charge in [-0.3, -0.25) is 4.79 Å². The number of hydrogen-bond donors (Lipinski definition) is 1. The van der Waals surface area contributed by atoms with E-state index in [-0.39, 0.29) is 5.56 Å². The van der Waals surface area contributed by atoms with Crippen molar-refractivity contribution in [1.82, 2.24) is 4.90 Å². The number of rotatable bonds is 7. The number of carboxylic acid groups (broad SMARTS) is 1. The Morgan fingerprint density at radius 2 is 2.14 bits per heavy atom. The van der Waals surface area contributed by atoms with Crippen molar-refractivity contribution < 1.29 is 23.8 Å². The van der Waals surface area contributed by atoms with E-state index in [1.54, 1.807) is 14.2 Å². The fourth-order valence-corrected chi connectivity index (χ4v) is 1.73. The molecule has 0 spiro atoms. The Bertz CT molecular complexity index is 542. The number of carbonyl (C=O) groups excluding carboxylic acids is 1. The van der Waals surface area contributed by atoms with Gasteiger partial charge in [0.15, 0.2) is 0 Å². The van der Waals surface area contributed by atoms with E-state index >= 15 is 0 Å². The number of nitrogens with zero attached hydrogens (tertiary/aromatic N) is 1. The highest BCUT2D eigenvalue weighted by Crippen LogP contribution is 2.14. The van der Waals surface area contributed by atoms with Gasteiger partial charge in [0.1, 0.15) is 5.82 Å². The molecule has 6 heteroatoms. The molecule has 114 valence electrons. The lowest BCUT2D eigenvalue weighted by atomic mass is 10.1. The lowest BCUT2D eigenvalue weighted by Crippen LogP contribution is -2.29. The predicted octanol–water partition coefficient (Wildman–Crippen LogP) is 2.03. The van der Waals surface area contributed by atoms with E-state index in [4.69, 9.17) is 9.84 Å². The molecule has 0 saturated heterocycles. The molecule has 0 aromatic heterocycles. The number of carbonyl (C=O) groups is 2. The third-order valence-corrected chi connectivity index (χ3v) is 2.83. The second-order valence-electron chi connectivity index (χ2n) is 4.48. The van der Waals surface area contributed by atoms with Crippen LogP contribution in [0.2, 0.25) is 0 Å². The first-order valence-corrected chi connectivity index (χ1v) is 6.40. The molecule has 0 aliphatic rings. The summed E-state index contributed by atoms with van der Waals surface area (Å²) < 4.78 is 18.7. The lowest BCUT2D eigenvalue weighted by Gasteiger charge is -2.17. The van der Waals surface area contributed by atoms with Crippen molar-refractivity contribution >= 4 is 18.0 Å². The SMILES string of the molecule is COCCCN(C)C(=O)c1cc(C=CC(=O)O)ccc1F. The van der Waals surface area contributed by atoms with Gasteiger partial charge < -0.3 is 14.7 Å². The molecule has 0 bridgehead atoms. The second-order valence-corrected chi connectivity index (χ2v) is 4.48. The predicted molar refractivity (Wildman–Crippen MR) is 76.5 cm³/mol. The summed E-state index contributed by atoms with van der Waals surface area (Å²) in [6.45, 7) is 0.961. The molecule has 0 aliphatic heterocycles. The zero-order valence-electron chi connectivity index (χ0n) is 12.0. The molecule has 1 rings (SSSR count). The molecular weight excluding hydrogens is 277 g/mol. The van der Waals surface area contributed by atoms with Crippen LogP contribution in [0.1, 0.15) is 22.3 Å². The van der Waals surface area contributed by atoms with Gasteiger partial charge in [0.25, 0.3) is 5.91 Å². The summed E-state index contributed by atoms with van der Waals surface area (Å²) in [7, 11) is 3.15. The standard InChI is InChI=1S/C15H18FNO4/c1-17(8-3-9-21-2)15(20)12-10-11(4-6-13(12)16)5-7-14(18)19/h4-7,10H,3,8-9H2,1-2H3,(H,18,19). The number of aliphatic carboxylic acids is 1. The third-order valence-electron chi connectivity index (χ3n) is 2.83. The molecule has 0 heterocycles. The van der Waals surface area contributed by atoms with Crippen LogP contribution >= 0.6 is 0 Å². The van der Waals surface area contributed by atoms with Gasteiger partial charge in [-0.2, -0.15) is 0 Å². The summed E-state index contributed by atoms with van der Waals surface area (Å²) in [6.07, 6.45) is 2.90. The van der Waals surface area contributed by atoms with Crippen LogP contribution in [0.25, 0.3) is 6.08 Å². The van der Waals surface area contributed by atoms with Gasteiger partial charge in [-0.1, -0.05) is 6.07 Å². The minimum Gasteiger partial charge on any atom is -0.478 e. The molecule has 0 radical (unpaired) electrons. The minimum atomic E-state index is -1.11. The van der Waals surface area contributed by atoms with E-state index in [2.05, 4.69) is 0 Å². The van der Waals surface area contributed by atoms with E-state index in [9.17, 15) is 14.0 Å². The number of ether oxygens (including phenoxy) is 1. The molecule has 21 heavy (non-hydrogen) atoms. The minimum absolute atomic E-state index is 0.0811. The first-order valence-electron chi connectivity index (χ1n) is 6.40. The average Bonchev–Trinajstić information content (AvgIpc) is 2.45. The molecule has 0 unspecified atom stereocenters. The van der Waals surface area contributed by atoms with Crippen LogP contribution in [-0.4, -0.2) is 49.2 Å². The number of halogens is 1. The van der Waals surface area contributed by atoms with Gasteiger partial charge in [-0.15, -0.1) is 0 Å². The second kappa shape index (κ2) is 8.16. The molecule has 1 aromatic rings. The van der Waals surface area contributed by atoms with Crippen LogP contribution in [0.15, 0.2) is 24.3 Å². The Morgan fingerprint density at radius 1 is 1.43 bits per heavy atom. The normalized spacial score (nSPS) is 10.8. The summed E-state index contributed by atoms with van der Waals surface area (Å²) >= 11 is 0. The topological polar surface area (TPSA) is 66.8 Å². The highest BCUT2D eigenvalue weighted by molar-refractivity contribution is 5.95. The quantitative estimate of drug-likeness (QED) is 0.617. The molecule has 0 saturated carbocycles. The Hall–Kier alpha value is -2.21. The van der Waals surface area contributed by atoms with E-state index in [1.165, 1.54) is 23.1 Å². The summed E-state index contributed by atoms with van der Waals surface area (Å²) in [5.41, 5.74) is 0.370. The van der Waals surface area contributed by atoms with Crippen LogP contribution in [-0.2, 0) is 9.53 Å². The van der Waals surface area contributed by atoms with E-state index < -0.39 is 17.7 Å². The molecule has 0 fully saturated rings. The van der Waals surface area contributed by atoms with Crippen molar-refractivity contribution in [3.05, 3.63) is 41.2 Å². The summed E-state index contributed by atoms with van der Waals surface area (Å²) in [5.74, 6) is -2.19. The van der Waals surface area contributed by atoms with Gasteiger partial charge in [0, 0.05) is 33.4 Å². The van der Waals surface area contributed by atoms with Crippen LogP contribution in [0, 0.1) is 5.82 Å². The van der Waals surface area contributed by atoms with Crippen molar-refractivity contribution in [2.24, 2.45) is 0 Å². The maximum absolute atomic E-state index is 13.8. The van der Waals surface area contributed by atoms with E-state index in [0.29, 0.717) is 25.1 Å². The smallest absolute Gasteiger partial charge is 0.328 e. The largest absolute Gasteiger partial charge is 0.478 e. The molecule has 1 N–H and O–H groups in total. The monoisotopic (exact) mass is 295 g/mol. The number of methoxy groups -OCH3 is 1. The maximum atomic E-state index is 13.8. The number of hydrogen-bond acceptors (Lipinski definition) is 3. The Labute approximate surface area is 122 Å². The summed E-state index contributed by atoms with van der Waals surface area (Å²) in [4.78, 5) is 24.0. The lowest BCUT2D eigenvalue weighted by molar-refractivity contribution is -0.131. The fourth-order valence-electron chi connectivity index (χ4n) is 1.73. The molecule has 0 atom stereocenters. The van der Waals surface area contributed by atoms with Crippen molar-refractivity contribution in [3.63, 3.8) is 0 Å². The average molecular weight is 295 g/mol. The van der Waals surface area contributed by atoms with Crippen LogP contribution in [0.4, 0.5) is 4.39 Å². The summed E-state index contributed by atoms with van der Waals surface area (Å²) in [6, 6.07) is 3.90. The molecular formula is C15H18FNO4. The van der Waals surface area contributed by atoms with Gasteiger partial charge in [0.05, 0.1) is 5.56 Å². The number of benzene rings is 1. The maximum Gasteiger partial charge on any atom is 0.328 e. The number of carboxylic acids is 1. The van der Waals surface area contributed by atoms with Gasteiger partial charge >= 0.3 is 5.97 Å². The Balaban J connectivity index is 2.87. The molecule has 1 aromatic carbocycles. The van der Waals surface area contributed by atoms with Crippen LogP contribution in [0.5, 0.6) is 0 Å². The molecule has 0 aliphatic carbocycles. The Morgan fingerprint density at radius 3 is 2.76 bits per heavy atom. The van der Waals surface area contributed by atoms with Gasteiger partial charge in [-0.05, 0) is 30.2 Å². The van der Waals surface area contributed by atoms with Crippen molar-refractivity contribution in [1.29, 1.82) is 0 Å². The third kappa shape index (κ3) is 5.35. The number of amides is 1. The zero-order chi connectivity index (χ0) is 15.8. The fraction of sp³-hybridized carbons (Fsp3) is 0.333. The molecule has 1 amide bonds. The first-order chi connectivity index (χ1) is 9.95. The highest BCUT2D eigenvalue weighted by atomic mass is 19.1. The van der Waals surface area contributed by atoms with Crippen LogP contribution in [0.3, 0.4) is 0 Å². The van der Waals surface area contributed by atoms with E-state index in [0.717, 1.165) is 12.1 Å². The first kappa shape index (κ1) is 16.8. The highest BCUT2D eigenvalue weighted by Gasteiger charge is 2.16. The Kier molecular flexibility index (Phi) is 6.55. The zero-order valence-corrected chi connectivity index (χ0v) is 12.0. The summed E-state index contributed by atoms with van der Waals surface area (Å²) in [5, 5.41) is 8.57. The van der Waals surface area contributed by atoms with Crippen molar-refractivity contribution in [2.45, 2.75) is 6.42 Å². The van der Waals surface area contributed by atoms with Gasteiger partial charge in [-0.25, -0.2) is 9.18 Å². The van der Waals surface area contributed by atoms with Crippen molar-refractivity contribution in [3.8, 4) is 0 Å². The van der Waals surface area contributed by atoms with Gasteiger partial charge in [0.2, 0.25) is 0 Å². The van der Waals surface area contributed by atoms with Crippen molar-refractivity contribution in [2.75, 3.05) is 27.3 Å².